The highest BCUT2D eigenvalue weighted by atomic mass is 19.4. The Balaban J connectivity index is 1.99. The van der Waals surface area contributed by atoms with Crippen LogP contribution in [0.4, 0.5) is 13.2 Å². The van der Waals surface area contributed by atoms with Gasteiger partial charge in [0.25, 0.3) is 0 Å². The Kier molecular flexibility index (Phi) is 4.49. The maximum Gasteiger partial charge on any atom is 0.416 e. The van der Waals surface area contributed by atoms with Gasteiger partial charge in [-0.15, -0.1) is 0 Å². The van der Waals surface area contributed by atoms with Crippen LogP contribution in [0.15, 0.2) is 24.3 Å². The van der Waals surface area contributed by atoms with Crippen molar-refractivity contribution in [3.8, 4) is 0 Å². The molecule has 2 saturated heterocycles. The van der Waals surface area contributed by atoms with Crippen LogP contribution in [0.5, 0.6) is 0 Å². The summed E-state index contributed by atoms with van der Waals surface area (Å²) < 4.78 is 45.1. The van der Waals surface area contributed by atoms with E-state index in [4.69, 9.17) is 4.74 Å². The van der Waals surface area contributed by atoms with E-state index in [9.17, 15) is 22.8 Å². The molecule has 2 fully saturated rings. The van der Waals surface area contributed by atoms with Gasteiger partial charge in [0, 0.05) is 19.7 Å². The average Bonchev–Trinajstić information content (AvgIpc) is 3.07. The van der Waals surface area contributed by atoms with Crippen molar-refractivity contribution in [2.45, 2.75) is 18.6 Å². The van der Waals surface area contributed by atoms with E-state index in [0.717, 1.165) is 6.07 Å². The first-order valence-electron chi connectivity index (χ1n) is 7.71. The fourth-order valence-electron chi connectivity index (χ4n) is 3.17. The molecule has 1 aromatic rings. The second-order valence-corrected chi connectivity index (χ2v) is 5.87. The van der Waals surface area contributed by atoms with Gasteiger partial charge in [0.05, 0.1) is 18.1 Å². The van der Waals surface area contributed by atoms with E-state index >= 15 is 0 Å². The molecule has 0 radical (unpaired) electrons. The summed E-state index contributed by atoms with van der Waals surface area (Å²) >= 11 is 0. The Morgan fingerprint density at radius 3 is 2.71 bits per heavy atom. The predicted octanol–water partition coefficient (Wildman–Crippen LogP) is 1.74. The molecule has 0 aromatic heterocycles. The largest absolute Gasteiger partial charge is 0.416 e. The van der Waals surface area contributed by atoms with Gasteiger partial charge < -0.3 is 15.0 Å². The van der Waals surface area contributed by atoms with Crippen molar-refractivity contribution in [2.24, 2.45) is 5.92 Å². The van der Waals surface area contributed by atoms with Crippen LogP contribution in [-0.4, -0.2) is 43.0 Å². The van der Waals surface area contributed by atoms with Crippen molar-refractivity contribution in [3.63, 3.8) is 0 Å². The van der Waals surface area contributed by atoms with Gasteiger partial charge in [-0.05, 0) is 18.1 Å². The quantitative estimate of drug-likeness (QED) is 0.891. The zero-order valence-electron chi connectivity index (χ0n) is 12.8. The fraction of sp³-hybridized carbons (Fsp3) is 0.500. The van der Waals surface area contributed by atoms with Gasteiger partial charge >= 0.3 is 6.18 Å². The van der Waals surface area contributed by atoms with Crippen LogP contribution in [0.2, 0.25) is 0 Å². The maximum absolute atomic E-state index is 13.3. The van der Waals surface area contributed by atoms with E-state index < -0.39 is 29.6 Å². The number of nitrogens with one attached hydrogen (secondary N) is 1. The van der Waals surface area contributed by atoms with Gasteiger partial charge in [0.2, 0.25) is 11.8 Å². The lowest BCUT2D eigenvalue weighted by Gasteiger charge is -2.37. The molecule has 2 aliphatic rings. The minimum absolute atomic E-state index is 0.179. The highest BCUT2D eigenvalue weighted by Gasteiger charge is 2.43. The zero-order chi connectivity index (χ0) is 17.3. The number of amides is 2. The van der Waals surface area contributed by atoms with Gasteiger partial charge in [0.1, 0.15) is 6.04 Å². The molecular formula is C16H17F3N2O3. The number of piperazine rings is 1. The molecule has 3 rings (SSSR count). The lowest BCUT2D eigenvalue weighted by atomic mass is 9.95. The van der Waals surface area contributed by atoms with Crippen molar-refractivity contribution in [3.05, 3.63) is 35.4 Å². The fourth-order valence-corrected chi connectivity index (χ4v) is 3.17. The van der Waals surface area contributed by atoms with Crippen LogP contribution < -0.4 is 5.32 Å². The van der Waals surface area contributed by atoms with Crippen molar-refractivity contribution >= 4 is 11.8 Å². The molecule has 130 valence electrons. The van der Waals surface area contributed by atoms with E-state index in [1.807, 2.05) is 0 Å². The van der Waals surface area contributed by atoms with E-state index in [1.165, 1.54) is 23.1 Å². The van der Waals surface area contributed by atoms with Crippen molar-refractivity contribution in [1.29, 1.82) is 0 Å². The lowest BCUT2D eigenvalue weighted by molar-refractivity contribution is -0.149. The summed E-state index contributed by atoms with van der Waals surface area (Å²) in [5.74, 6) is -1.33. The Hall–Kier alpha value is -2.09. The van der Waals surface area contributed by atoms with E-state index in [-0.39, 0.29) is 31.2 Å². The third-order valence-corrected chi connectivity index (χ3v) is 4.33. The third kappa shape index (κ3) is 3.10. The molecule has 1 aromatic carbocycles. The summed E-state index contributed by atoms with van der Waals surface area (Å²) in [5, 5.41) is 2.55. The Morgan fingerprint density at radius 2 is 2.04 bits per heavy atom. The number of benzene rings is 1. The van der Waals surface area contributed by atoms with Crippen LogP contribution in [0.3, 0.4) is 0 Å². The predicted molar refractivity (Wildman–Crippen MR) is 77.8 cm³/mol. The summed E-state index contributed by atoms with van der Waals surface area (Å²) in [4.78, 5) is 26.2. The number of ether oxygens (including phenoxy) is 1. The summed E-state index contributed by atoms with van der Waals surface area (Å²) in [7, 11) is 0. The molecule has 0 spiro atoms. The maximum atomic E-state index is 13.3. The molecule has 0 unspecified atom stereocenters. The van der Waals surface area contributed by atoms with Crippen molar-refractivity contribution in [1.82, 2.24) is 10.2 Å². The van der Waals surface area contributed by atoms with Gasteiger partial charge in [-0.3, -0.25) is 9.59 Å². The number of carbonyl (C=O) groups excluding carboxylic acids is 2. The first-order valence-corrected chi connectivity index (χ1v) is 7.71. The Bertz CT molecular complexity index is 642. The Labute approximate surface area is 136 Å². The summed E-state index contributed by atoms with van der Waals surface area (Å²) in [5.41, 5.74) is -1.10. The van der Waals surface area contributed by atoms with Gasteiger partial charge in [-0.1, -0.05) is 18.2 Å². The SMILES string of the molecule is O=C1NCCN(C(=O)[C@H]2CCOC2)[C@@H]1c1ccccc1C(F)(F)F. The average molecular weight is 342 g/mol. The van der Waals surface area contributed by atoms with Crippen LogP contribution in [0.1, 0.15) is 23.6 Å². The van der Waals surface area contributed by atoms with Crippen LogP contribution in [0.25, 0.3) is 0 Å². The molecule has 0 aliphatic carbocycles. The molecule has 0 saturated carbocycles. The molecule has 2 atom stereocenters. The topological polar surface area (TPSA) is 58.6 Å². The monoisotopic (exact) mass is 342 g/mol. The zero-order valence-corrected chi connectivity index (χ0v) is 12.8. The number of nitrogens with zero attached hydrogens (tertiary/aromatic N) is 1. The molecule has 2 aliphatic heterocycles. The van der Waals surface area contributed by atoms with Crippen LogP contribution in [-0.2, 0) is 20.5 Å². The van der Waals surface area contributed by atoms with Crippen LogP contribution in [0, 0.1) is 5.92 Å². The summed E-state index contributed by atoms with van der Waals surface area (Å²) in [6.07, 6.45) is -4.08. The molecule has 8 heteroatoms. The number of hydrogen-bond donors (Lipinski definition) is 1. The lowest BCUT2D eigenvalue weighted by Crippen LogP contribution is -2.54. The first-order chi connectivity index (χ1) is 11.4. The summed E-state index contributed by atoms with van der Waals surface area (Å²) in [6.45, 7) is 1.09. The molecule has 5 nitrogen and oxygen atoms in total. The summed E-state index contributed by atoms with van der Waals surface area (Å²) in [6, 6.07) is 3.62. The Morgan fingerprint density at radius 1 is 1.29 bits per heavy atom. The molecule has 0 bridgehead atoms. The van der Waals surface area contributed by atoms with E-state index in [0.29, 0.717) is 13.0 Å². The highest BCUT2D eigenvalue weighted by Crippen LogP contribution is 2.37. The highest BCUT2D eigenvalue weighted by molar-refractivity contribution is 5.91. The van der Waals surface area contributed by atoms with Crippen LogP contribution >= 0.6 is 0 Å². The molecular weight excluding hydrogens is 325 g/mol. The minimum atomic E-state index is -4.60. The van der Waals surface area contributed by atoms with Gasteiger partial charge in [0.15, 0.2) is 0 Å². The van der Waals surface area contributed by atoms with Crippen molar-refractivity contribution in [2.75, 3.05) is 26.3 Å². The smallest absolute Gasteiger partial charge is 0.381 e. The second-order valence-electron chi connectivity index (χ2n) is 5.87. The number of hydrogen-bond acceptors (Lipinski definition) is 3. The molecule has 2 amide bonds. The van der Waals surface area contributed by atoms with Crippen molar-refractivity contribution < 1.29 is 27.5 Å². The number of rotatable bonds is 2. The standard InChI is InChI=1S/C16H17F3N2O3/c17-16(18,19)12-4-2-1-3-11(12)13-14(22)20-6-7-21(13)15(23)10-5-8-24-9-10/h1-4,10,13H,5-9H2,(H,20,22)/t10-,13+/m0/s1. The van der Waals surface area contributed by atoms with Gasteiger partial charge in [-0.2, -0.15) is 13.2 Å². The van der Waals surface area contributed by atoms with E-state index in [1.54, 1.807) is 0 Å². The molecule has 2 heterocycles. The first kappa shape index (κ1) is 16.8. The number of alkyl halides is 3. The molecule has 24 heavy (non-hydrogen) atoms. The number of carbonyl (C=O) groups is 2. The second kappa shape index (κ2) is 6.43. The number of halogens is 3. The molecule has 1 N–H and O–H groups in total. The van der Waals surface area contributed by atoms with Gasteiger partial charge in [-0.25, -0.2) is 0 Å². The minimum Gasteiger partial charge on any atom is -0.381 e. The normalized spacial score (nSPS) is 24.8. The third-order valence-electron chi connectivity index (χ3n) is 4.33. The van der Waals surface area contributed by atoms with E-state index in [2.05, 4.69) is 5.32 Å².